The molecule has 35 heavy (non-hydrogen) atoms. The van der Waals surface area contributed by atoms with Crippen molar-refractivity contribution in [2.45, 2.75) is 26.7 Å². The Labute approximate surface area is 212 Å². The fourth-order valence-corrected chi connectivity index (χ4v) is 5.51. The molecule has 178 valence electrons. The van der Waals surface area contributed by atoms with Gasteiger partial charge in [-0.05, 0) is 42.2 Å². The number of rotatable bonds is 4. The summed E-state index contributed by atoms with van der Waals surface area (Å²) in [5.41, 5.74) is 9.74. The number of nitrogen functional groups attached to an aromatic ring is 1. The van der Waals surface area contributed by atoms with Crippen LogP contribution >= 0.6 is 22.9 Å². The predicted molar refractivity (Wildman–Crippen MR) is 141 cm³/mol. The van der Waals surface area contributed by atoms with Crippen molar-refractivity contribution < 1.29 is 9.53 Å². The molecule has 5 rings (SSSR count). The van der Waals surface area contributed by atoms with Gasteiger partial charge in [0.25, 0.3) is 5.56 Å². The molecule has 1 aliphatic rings. The summed E-state index contributed by atoms with van der Waals surface area (Å²) in [7, 11) is 1.54. The van der Waals surface area contributed by atoms with Crippen molar-refractivity contribution >= 4 is 34.4 Å². The average Bonchev–Trinajstić information content (AvgIpc) is 3.29. The Hall–Kier alpha value is -3.42. The molecule has 2 heterocycles. The van der Waals surface area contributed by atoms with Crippen LogP contribution in [0.15, 0.2) is 58.7 Å². The molecule has 0 bridgehead atoms. The molecule has 0 radical (unpaired) electrons. The van der Waals surface area contributed by atoms with Gasteiger partial charge in [0.2, 0.25) is 0 Å². The molecule has 0 saturated carbocycles. The third-order valence-electron chi connectivity index (χ3n) is 6.21. The fourth-order valence-electron chi connectivity index (χ4n) is 4.55. The maximum absolute atomic E-state index is 14.0. The number of carbonyl (C=O) groups is 1. The number of hydrogen-bond donors (Lipinski definition) is 1. The van der Waals surface area contributed by atoms with E-state index in [-0.39, 0.29) is 16.8 Å². The summed E-state index contributed by atoms with van der Waals surface area (Å²) in [5.74, 6) is 0.471. The maximum Gasteiger partial charge on any atom is 0.265 e. The number of thiazole rings is 1. The Morgan fingerprint density at radius 3 is 2.51 bits per heavy atom. The van der Waals surface area contributed by atoms with Crippen LogP contribution in [-0.4, -0.2) is 22.4 Å². The number of ketones is 1. The zero-order valence-corrected chi connectivity index (χ0v) is 21.2. The number of carbonyl (C=O) groups excluding carboxylic acids is 1. The number of methoxy groups -OCH3 is 1. The van der Waals surface area contributed by atoms with Crippen molar-refractivity contribution in [2.24, 2.45) is 5.41 Å². The monoisotopic (exact) mass is 505 g/mol. The molecule has 4 aromatic rings. The van der Waals surface area contributed by atoms with Gasteiger partial charge in [0.1, 0.15) is 10.8 Å². The van der Waals surface area contributed by atoms with Crippen molar-refractivity contribution in [3.63, 3.8) is 0 Å². The summed E-state index contributed by atoms with van der Waals surface area (Å²) in [5, 5.41) is 3.08. The first kappa shape index (κ1) is 23.3. The molecule has 0 aliphatic heterocycles. The third-order valence-corrected chi connectivity index (χ3v) is 7.34. The highest BCUT2D eigenvalue weighted by atomic mass is 35.5. The lowest BCUT2D eigenvalue weighted by Gasteiger charge is -2.32. The molecule has 2 aromatic carbocycles. The first-order valence-corrected chi connectivity index (χ1v) is 12.4. The van der Waals surface area contributed by atoms with Crippen molar-refractivity contribution in [1.82, 2.24) is 9.55 Å². The topological polar surface area (TPSA) is 87.2 Å². The summed E-state index contributed by atoms with van der Waals surface area (Å²) in [4.78, 5) is 32.0. The van der Waals surface area contributed by atoms with Crippen molar-refractivity contribution in [1.29, 1.82) is 0 Å². The van der Waals surface area contributed by atoms with Gasteiger partial charge in [-0.25, -0.2) is 4.98 Å². The molecule has 8 heteroatoms. The molecule has 0 spiro atoms. The van der Waals surface area contributed by atoms with Crippen LogP contribution in [0, 0.1) is 5.41 Å². The van der Waals surface area contributed by atoms with Crippen LogP contribution in [0.4, 0.5) is 5.69 Å². The molecule has 0 amide bonds. The van der Waals surface area contributed by atoms with E-state index in [9.17, 15) is 9.59 Å². The highest BCUT2D eigenvalue weighted by molar-refractivity contribution is 7.13. The Kier molecular flexibility index (Phi) is 5.77. The molecule has 1 aliphatic carbocycles. The number of fused-ring (bicyclic) bond motifs is 1. The van der Waals surface area contributed by atoms with E-state index in [4.69, 9.17) is 27.1 Å². The normalized spacial score (nSPS) is 14.6. The standard InChI is InChI=1S/C27H24ClN3O3S/c1-27(2)12-22-18(23(32)13-27)11-19(25-30-20(14-35-25)15-4-6-16(28)7-5-15)26(33)31(22)21-9-8-17(29)10-24(21)34-3/h4-11,14H,12-13,29H2,1-3H3. The van der Waals surface area contributed by atoms with Gasteiger partial charge >= 0.3 is 0 Å². The number of pyridine rings is 1. The van der Waals surface area contributed by atoms with Gasteiger partial charge < -0.3 is 10.5 Å². The van der Waals surface area contributed by atoms with E-state index in [1.807, 2.05) is 31.4 Å². The van der Waals surface area contributed by atoms with E-state index >= 15 is 0 Å². The van der Waals surface area contributed by atoms with Gasteiger partial charge in [-0.1, -0.05) is 37.6 Å². The molecule has 0 fully saturated rings. The van der Waals surface area contributed by atoms with Crippen molar-refractivity contribution in [3.05, 3.63) is 80.5 Å². The molecular formula is C27H24ClN3O3S. The largest absolute Gasteiger partial charge is 0.494 e. The van der Waals surface area contributed by atoms with E-state index in [0.717, 1.165) is 11.3 Å². The lowest BCUT2D eigenvalue weighted by molar-refractivity contribution is 0.0909. The quantitative estimate of drug-likeness (QED) is 0.342. The van der Waals surface area contributed by atoms with Gasteiger partial charge in [0, 0.05) is 45.4 Å². The summed E-state index contributed by atoms with van der Waals surface area (Å²) in [6, 6.07) is 14.2. The summed E-state index contributed by atoms with van der Waals surface area (Å²) in [6.07, 6.45) is 0.982. The van der Waals surface area contributed by atoms with Gasteiger partial charge in [-0.3, -0.25) is 14.2 Å². The second-order valence-electron chi connectivity index (χ2n) is 9.48. The molecule has 6 nitrogen and oxygen atoms in total. The van der Waals surface area contributed by atoms with Crippen LogP contribution < -0.4 is 16.0 Å². The van der Waals surface area contributed by atoms with Crippen molar-refractivity contribution in [2.75, 3.05) is 12.8 Å². The average molecular weight is 506 g/mol. The number of Topliss-reactive ketones (excluding diaryl/α,β-unsaturated/α-hetero) is 1. The maximum atomic E-state index is 14.0. The molecule has 2 N–H and O–H groups in total. The van der Waals surface area contributed by atoms with E-state index in [1.165, 1.54) is 18.4 Å². The van der Waals surface area contributed by atoms with E-state index in [0.29, 0.717) is 56.8 Å². The first-order chi connectivity index (χ1) is 16.7. The fraction of sp³-hybridized carbons (Fsp3) is 0.222. The number of anilines is 1. The van der Waals surface area contributed by atoms with E-state index in [2.05, 4.69) is 0 Å². The minimum Gasteiger partial charge on any atom is -0.494 e. The number of aromatic nitrogens is 2. The van der Waals surface area contributed by atoms with Gasteiger partial charge in [-0.2, -0.15) is 0 Å². The van der Waals surface area contributed by atoms with Crippen molar-refractivity contribution in [3.8, 4) is 33.3 Å². The number of nitrogens with two attached hydrogens (primary N) is 1. The zero-order chi connectivity index (χ0) is 24.9. The Morgan fingerprint density at radius 1 is 1.06 bits per heavy atom. The van der Waals surface area contributed by atoms with Crippen LogP contribution in [0.3, 0.4) is 0 Å². The van der Waals surface area contributed by atoms with Crippen LogP contribution in [0.1, 0.15) is 36.3 Å². The third kappa shape index (κ3) is 4.26. The van der Waals surface area contributed by atoms with Crippen LogP contribution in [0.2, 0.25) is 5.02 Å². The predicted octanol–water partition coefficient (Wildman–Crippen LogP) is 6.03. The molecule has 2 aromatic heterocycles. The summed E-state index contributed by atoms with van der Waals surface area (Å²) < 4.78 is 7.18. The highest BCUT2D eigenvalue weighted by Crippen LogP contribution is 2.38. The molecule has 0 saturated heterocycles. The van der Waals surface area contributed by atoms with Gasteiger partial charge in [0.05, 0.1) is 24.1 Å². The number of halogens is 1. The van der Waals surface area contributed by atoms with Crippen LogP contribution in [-0.2, 0) is 6.42 Å². The summed E-state index contributed by atoms with van der Waals surface area (Å²) in [6.45, 7) is 4.08. The lowest BCUT2D eigenvalue weighted by atomic mass is 9.75. The lowest BCUT2D eigenvalue weighted by Crippen LogP contribution is -2.35. The number of hydrogen-bond acceptors (Lipinski definition) is 6. The minimum atomic E-state index is -0.274. The Bertz CT molecular complexity index is 1520. The molecule has 0 atom stereocenters. The smallest absolute Gasteiger partial charge is 0.265 e. The van der Waals surface area contributed by atoms with Crippen LogP contribution in [0.5, 0.6) is 5.75 Å². The van der Waals surface area contributed by atoms with Crippen LogP contribution in [0.25, 0.3) is 27.5 Å². The van der Waals surface area contributed by atoms with E-state index < -0.39 is 0 Å². The van der Waals surface area contributed by atoms with Gasteiger partial charge in [-0.15, -0.1) is 11.3 Å². The Balaban J connectivity index is 1.75. The Morgan fingerprint density at radius 2 is 1.80 bits per heavy atom. The second-order valence-corrected chi connectivity index (χ2v) is 10.8. The molecular weight excluding hydrogens is 482 g/mol. The number of ether oxygens (including phenoxy) is 1. The minimum absolute atomic E-state index is 0.00939. The SMILES string of the molecule is COc1cc(N)ccc1-n1c2c(cc(-c3nc(-c4ccc(Cl)cc4)cs3)c1=O)C(=O)CC(C)(C)C2. The first-order valence-electron chi connectivity index (χ1n) is 11.1. The second kappa shape index (κ2) is 8.66. The van der Waals surface area contributed by atoms with Gasteiger partial charge in [0.15, 0.2) is 5.78 Å². The highest BCUT2D eigenvalue weighted by Gasteiger charge is 2.35. The number of benzene rings is 2. The zero-order valence-electron chi connectivity index (χ0n) is 19.6. The summed E-state index contributed by atoms with van der Waals surface area (Å²) >= 11 is 7.38. The number of nitrogens with zero attached hydrogens (tertiary/aromatic N) is 2. The molecule has 0 unspecified atom stereocenters. The van der Waals surface area contributed by atoms with E-state index in [1.54, 1.807) is 41.0 Å².